The molecule has 4 aliphatic heterocycles. The highest BCUT2D eigenvalue weighted by atomic mass is 16.2. The standard InChI is InChI=1S/C26H35N5O4/c27-25(35)26(29-12-2-1-3-13-29)10-15-28(16-11-26)21-17-23(33)31(24(21)34)18-19-6-8-20(9-7-19)30-14-4-5-22(30)32/h6-9,21H,1-5,10-18H2,(H2,27,35)/t21-/m1/s1. The fourth-order valence-electron chi connectivity index (χ4n) is 6.25. The Bertz CT molecular complexity index is 995. The molecular formula is C26H35N5O4. The Balaban J connectivity index is 1.21. The highest BCUT2D eigenvalue weighted by molar-refractivity contribution is 6.05. The number of amides is 4. The molecule has 0 spiro atoms. The van der Waals surface area contributed by atoms with E-state index in [1.807, 2.05) is 24.3 Å². The van der Waals surface area contributed by atoms with Gasteiger partial charge in [0.2, 0.25) is 23.6 Å². The molecule has 0 aliphatic carbocycles. The average molecular weight is 482 g/mol. The van der Waals surface area contributed by atoms with Crippen LogP contribution in [-0.2, 0) is 25.7 Å². The monoisotopic (exact) mass is 481 g/mol. The molecule has 4 heterocycles. The summed E-state index contributed by atoms with van der Waals surface area (Å²) in [6.45, 7) is 3.90. The number of nitrogens with zero attached hydrogens (tertiary/aromatic N) is 4. The number of likely N-dealkylation sites (tertiary alicyclic amines) is 3. The fraction of sp³-hybridized carbons (Fsp3) is 0.615. The van der Waals surface area contributed by atoms with Crippen molar-refractivity contribution in [2.45, 2.75) is 69.5 Å². The van der Waals surface area contributed by atoms with Gasteiger partial charge >= 0.3 is 0 Å². The number of hydrogen-bond donors (Lipinski definition) is 1. The first-order valence-corrected chi connectivity index (χ1v) is 12.9. The molecule has 5 rings (SSSR count). The molecule has 0 saturated carbocycles. The number of nitrogens with two attached hydrogens (primary N) is 1. The topological polar surface area (TPSA) is 107 Å². The second-order valence-corrected chi connectivity index (χ2v) is 10.3. The van der Waals surface area contributed by atoms with Crippen LogP contribution in [0.1, 0.15) is 56.9 Å². The van der Waals surface area contributed by atoms with Gasteiger partial charge in [-0.05, 0) is 62.9 Å². The summed E-state index contributed by atoms with van der Waals surface area (Å²) < 4.78 is 0. The molecule has 1 aromatic carbocycles. The number of hydrogen-bond acceptors (Lipinski definition) is 6. The van der Waals surface area contributed by atoms with Crippen LogP contribution in [-0.4, -0.2) is 82.6 Å². The van der Waals surface area contributed by atoms with Crippen LogP contribution in [0.15, 0.2) is 24.3 Å². The molecule has 0 aromatic heterocycles. The van der Waals surface area contributed by atoms with Crippen LogP contribution in [0.5, 0.6) is 0 Å². The highest BCUT2D eigenvalue weighted by Crippen LogP contribution is 2.34. The zero-order chi connectivity index (χ0) is 24.6. The first-order chi connectivity index (χ1) is 16.9. The van der Waals surface area contributed by atoms with Crippen LogP contribution in [0.2, 0.25) is 0 Å². The number of anilines is 1. The molecule has 4 saturated heterocycles. The van der Waals surface area contributed by atoms with Crippen LogP contribution in [0.25, 0.3) is 0 Å². The molecule has 9 heteroatoms. The molecule has 0 radical (unpaired) electrons. The maximum Gasteiger partial charge on any atom is 0.247 e. The molecule has 0 bridgehead atoms. The molecular weight excluding hydrogens is 446 g/mol. The minimum Gasteiger partial charge on any atom is -0.368 e. The van der Waals surface area contributed by atoms with Gasteiger partial charge in [0.05, 0.1) is 19.0 Å². The second kappa shape index (κ2) is 9.70. The van der Waals surface area contributed by atoms with E-state index < -0.39 is 11.6 Å². The van der Waals surface area contributed by atoms with Crippen LogP contribution in [0.4, 0.5) is 5.69 Å². The first-order valence-electron chi connectivity index (χ1n) is 12.9. The Kier molecular flexibility index (Phi) is 6.63. The summed E-state index contributed by atoms with van der Waals surface area (Å²) in [6.07, 6.45) is 6.16. The quantitative estimate of drug-likeness (QED) is 0.613. The highest BCUT2D eigenvalue weighted by Gasteiger charge is 2.49. The summed E-state index contributed by atoms with van der Waals surface area (Å²) in [5, 5.41) is 0. The molecule has 0 unspecified atom stereocenters. The Morgan fingerprint density at radius 2 is 1.57 bits per heavy atom. The van der Waals surface area contributed by atoms with Crippen LogP contribution in [0.3, 0.4) is 0 Å². The van der Waals surface area contributed by atoms with Crippen molar-refractivity contribution in [3.05, 3.63) is 29.8 Å². The summed E-state index contributed by atoms with van der Waals surface area (Å²) >= 11 is 0. The van der Waals surface area contributed by atoms with Gasteiger partial charge in [-0.1, -0.05) is 18.6 Å². The number of imide groups is 1. The van der Waals surface area contributed by atoms with Gasteiger partial charge in [-0.15, -0.1) is 0 Å². The number of carbonyl (C=O) groups excluding carboxylic acids is 4. The number of piperidine rings is 2. The molecule has 1 aromatic rings. The van der Waals surface area contributed by atoms with Crippen LogP contribution >= 0.6 is 0 Å². The van der Waals surface area contributed by atoms with Gasteiger partial charge in [-0.2, -0.15) is 0 Å². The van der Waals surface area contributed by atoms with Crippen molar-refractivity contribution in [1.29, 1.82) is 0 Å². The van der Waals surface area contributed by atoms with Gasteiger partial charge in [0.1, 0.15) is 5.54 Å². The van der Waals surface area contributed by atoms with Gasteiger partial charge < -0.3 is 10.6 Å². The maximum absolute atomic E-state index is 13.2. The van der Waals surface area contributed by atoms with Crippen molar-refractivity contribution in [1.82, 2.24) is 14.7 Å². The number of primary amides is 1. The molecule has 9 nitrogen and oxygen atoms in total. The van der Waals surface area contributed by atoms with Crippen molar-refractivity contribution in [2.24, 2.45) is 5.73 Å². The van der Waals surface area contributed by atoms with E-state index in [2.05, 4.69) is 9.80 Å². The van der Waals surface area contributed by atoms with Gasteiger partial charge in [0.15, 0.2) is 0 Å². The van der Waals surface area contributed by atoms with E-state index in [9.17, 15) is 19.2 Å². The minimum absolute atomic E-state index is 0.132. The van der Waals surface area contributed by atoms with Crippen LogP contribution in [0, 0.1) is 0 Å². The minimum atomic E-state index is -0.638. The maximum atomic E-state index is 13.2. The zero-order valence-corrected chi connectivity index (χ0v) is 20.3. The predicted molar refractivity (Wildman–Crippen MR) is 130 cm³/mol. The summed E-state index contributed by atoms with van der Waals surface area (Å²) in [7, 11) is 0. The Labute approximate surface area is 206 Å². The zero-order valence-electron chi connectivity index (χ0n) is 20.3. The van der Waals surface area contributed by atoms with Crippen molar-refractivity contribution in [3.8, 4) is 0 Å². The lowest BCUT2D eigenvalue weighted by Crippen LogP contribution is -2.64. The normalized spacial score (nSPS) is 26.1. The first kappa shape index (κ1) is 23.9. The lowest BCUT2D eigenvalue weighted by atomic mass is 9.83. The smallest absolute Gasteiger partial charge is 0.247 e. The summed E-state index contributed by atoms with van der Waals surface area (Å²) in [5.74, 6) is -0.471. The van der Waals surface area contributed by atoms with E-state index in [4.69, 9.17) is 5.73 Å². The lowest BCUT2D eigenvalue weighted by molar-refractivity contribution is -0.141. The third kappa shape index (κ3) is 4.47. The van der Waals surface area contributed by atoms with E-state index >= 15 is 0 Å². The van der Waals surface area contributed by atoms with E-state index in [-0.39, 0.29) is 36.6 Å². The average Bonchev–Trinajstić information content (AvgIpc) is 3.43. The SMILES string of the molecule is NC(=O)C1(N2CCCCC2)CCN([C@@H]2CC(=O)N(Cc3ccc(N4CCCC4=O)cc3)C2=O)CC1. The molecule has 35 heavy (non-hydrogen) atoms. The van der Waals surface area contributed by atoms with E-state index in [0.717, 1.165) is 50.1 Å². The molecule has 2 N–H and O–H groups in total. The third-order valence-corrected chi connectivity index (χ3v) is 8.37. The van der Waals surface area contributed by atoms with E-state index in [1.165, 1.54) is 11.3 Å². The van der Waals surface area contributed by atoms with Crippen LogP contribution < -0.4 is 10.6 Å². The summed E-state index contributed by atoms with van der Waals surface area (Å²) in [4.78, 5) is 58.0. The lowest BCUT2D eigenvalue weighted by Gasteiger charge is -2.48. The Morgan fingerprint density at radius 3 is 2.17 bits per heavy atom. The van der Waals surface area contributed by atoms with Gasteiger partial charge in [0.25, 0.3) is 0 Å². The Hall–Kier alpha value is -2.78. The molecule has 188 valence electrons. The van der Waals surface area contributed by atoms with Crippen molar-refractivity contribution in [3.63, 3.8) is 0 Å². The third-order valence-electron chi connectivity index (χ3n) is 8.37. The number of rotatable bonds is 6. The predicted octanol–water partition coefficient (Wildman–Crippen LogP) is 1.25. The molecule has 4 amide bonds. The van der Waals surface area contributed by atoms with E-state index in [0.29, 0.717) is 32.4 Å². The number of benzene rings is 1. The summed E-state index contributed by atoms with van der Waals surface area (Å²) in [5.41, 5.74) is 6.97. The second-order valence-electron chi connectivity index (χ2n) is 10.3. The van der Waals surface area contributed by atoms with Gasteiger partial charge in [0, 0.05) is 31.7 Å². The van der Waals surface area contributed by atoms with Crippen molar-refractivity contribution < 1.29 is 19.2 Å². The molecule has 4 fully saturated rings. The Morgan fingerprint density at radius 1 is 0.886 bits per heavy atom. The van der Waals surface area contributed by atoms with Crippen molar-refractivity contribution in [2.75, 3.05) is 37.6 Å². The molecule has 1 atom stereocenters. The van der Waals surface area contributed by atoms with Gasteiger partial charge in [-0.3, -0.25) is 33.9 Å². The van der Waals surface area contributed by atoms with Gasteiger partial charge in [-0.25, -0.2) is 0 Å². The molecule has 4 aliphatic rings. The fourth-order valence-corrected chi connectivity index (χ4v) is 6.25. The largest absolute Gasteiger partial charge is 0.368 e. The summed E-state index contributed by atoms with van der Waals surface area (Å²) in [6, 6.07) is 7.06. The van der Waals surface area contributed by atoms with E-state index in [1.54, 1.807) is 4.90 Å². The van der Waals surface area contributed by atoms with Crippen molar-refractivity contribution >= 4 is 29.3 Å². The number of carbonyl (C=O) groups is 4.